The van der Waals surface area contributed by atoms with Gasteiger partial charge in [-0.25, -0.2) is 0 Å². The van der Waals surface area contributed by atoms with Gasteiger partial charge in [0, 0.05) is 5.69 Å². The maximum Gasteiger partial charge on any atom is 0.318 e. The first-order valence-electron chi connectivity index (χ1n) is 4.62. The molecule has 1 N–H and O–H groups in total. The fourth-order valence-electron chi connectivity index (χ4n) is 1.56. The predicted molar refractivity (Wildman–Crippen MR) is 63.6 cm³/mol. The fraction of sp³-hybridized carbons (Fsp3) is 0.0833. The van der Waals surface area contributed by atoms with Gasteiger partial charge in [-0.15, -0.1) is 0 Å². The third kappa shape index (κ3) is 2.28. The third-order valence-corrected chi connectivity index (χ3v) is 2.33. The molecule has 0 saturated carbocycles. The summed E-state index contributed by atoms with van der Waals surface area (Å²) in [7, 11) is 0. The number of hydrogen-bond acceptors (Lipinski definition) is 1. The van der Waals surface area contributed by atoms with Crippen molar-refractivity contribution in [3.63, 3.8) is 0 Å². The summed E-state index contributed by atoms with van der Waals surface area (Å²) < 4.78 is 0. The highest BCUT2D eigenvalue weighted by Crippen LogP contribution is 2.20. The van der Waals surface area contributed by atoms with Crippen LogP contribution in [0.3, 0.4) is 0 Å². The molecule has 76 valence electrons. The molecule has 1 amide bonds. The standard InChI is InChI=1S/C12H10ClNO/c1-8-2-3-10-7-11(14-12(13)15)5-4-9(10)6-8/h2-7H,1H3,(H,14,15). The quantitative estimate of drug-likeness (QED) is 0.572. The number of nitrogens with one attached hydrogen (secondary N) is 1. The zero-order valence-corrected chi connectivity index (χ0v) is 9.01. The molecular weight excluding hydrogens is 210 g/mol. The molecule has 0 atom stereocenters. The summed E-state index contributed by atoms with van der Waals surface area (Å²) in [4.78, 5) is 10.7. The molecule has 0 fully saturated rings. The molecule has 2 nitrogen and oxygen atoms in total. The molecule has 0 aromatic heterocycles. The first-order valence-corrected chi connectivity index (χ1v) is 5.00. The van der Waals surface area contributed by atoms with Gasteiger partial charge in [-0.3, -0.25) is 4.79 Å². The molecule has 3 heteroatoms. The first-order chi connectivity index (χ1) is 7.15. The van der Waals surface area contributed by atoms with Crippen LogP contribution in [0.2, 0.25) is 0 Å². The number of rotatable bonds is 1. The second-order valence-electron chi connectivity index (χ2n) is 3.46. The van der Waals surface area contributed by atoms with Crippen molar-refractivity contribution in [3.05, 3.63) is 42.0 Å². The number of aryl methyl sites for hydroxylation is 1. The average molecular weight is 220 g/mol. The van der Waals surface area contributed by atoms with Crippen LogP contribution in [0, 0.1) is 6.92 Å². The summed E-state index contributed by atoms with van der Waals surface area (Å²) in [6.07, 6.45) is 0. The van der Waals surface area contributed by atoms with Crippen LogP contribution < -0.4 is 5.32 Å². The monoisotopic (exact) mass is 219 g/mol. The number of anilines is 1. The topological polar surface area (TPSA) is 29.1 Å². The molecule has 0 aliphatic carbocycles. The fourth-order valence-corrected chi connectivity index (χ4v) is 1.67. The molecule has 2 aromatic rings. The summed E-state index contributed by atoms with van der Waals surface area (Å²) in [6, 6.07) is 11.9. The molecule has 0 heterocycles. The lowest BCUT2D eigenvalue weighted by atomic mass is 10.1. The molecule has 0 unspecified atom stereocenters. The van der Waals surface area contributed by atoms with Crippen molar-refractivity contribution < 1.29 is 4.79 Å². The van der Waals surface area contributed by atoms with Gasteiger partial charge < -0.3 is 5.32 Å². The van der Waals surface area contributed by atoms with E-state index in [0.29, 0.717) is 5.69 Å². The number of carbonyl (C=O) groups is 1. The molecule has 0 bridgehead atoms. The van der Waals surface area contributed by atoms with Crippen LogP contribution in [0.5, 0.6) is 0 Å². The van der Waals surface area contributed by atoms with Crippen molar-refractivity contribution in [2.45, 2.75) is 6.92 Å². The van der Waals surface area contributed by atoms with Gasteiger partial charge in [-0.2, -0.15) is 0 Å². The lowest BCUT2D eigenvalue weighted by Crippen LogP contribution is -2.00. The van der Waals surface area contributed by atoms with E-state index in [4.69, 9.17) is 11.6 Å². The van der Waals surface area contributed by atoms with Crippen LogP contribution in [0.4, 0.5) is 10.5 Å². The van der Waals surface area contributed by atoms with E-state index in [0.717, 1.165) is 10.8 Å². The Morgan fingerprint density at radius 2 is 1.80 bits per heavy atom. The minimum absolute atomic E-state index is 0.568. The van der Waals surface area contributed by atoms with E-state index >= 15 is 0 Å². The number of carbonyl (C=O) groups excluding carboxylic acids is 1. The van der Waals surface area contributed by atoms with E-state index in [2.05, 4.69) is 11.4 Å². The van der Waals surface area contributed by atoms with Crippen LogP contribution in [0.15, 0.2) is 36.4 Å². The van der Waals surface area contributed by atoms with E-state index in [1.807, 2.05) is 37.3 Å². The Hall–Kier alpha value is -1.54. The van der Waals surface area contributed by atoms with Crippen molar-refractivity contribution in [2.24, 2.45) is 0 Å². The Kier molecular flexibility index (Phi) is 2.60. The third-order valence-electron chi connectivity index (χ3n) is 2.24. The zero-order valence-electron chi connectivity index (χ0n) is 8.25. The lowest BCUT2D eigenvalue weighted by molar-refractivity contribution is 0.269. The Labute approximate surface area is 92.9 Å². The molecule has 2 rings (SSSR count). The minimum atomic E-state index is -0.568. The first kappa shape index (κ1) is 9.99. The summed E-state index contributed by atoms with van der Waals surface area (Å²) in [6.45, 7) is 2.05. The van der Waals surface area contributed by atoms with Crippen molar-refractivity contribution in [2.75, 3.05) is 5.32 Å². The van der Waals surface area contributed by atoms with Gasteiger partial charge in [0.05, 0.1) is 0 Å². The van der Waals surface area contributed by atoms with Crippen LogP contribution in [-0.2, 0) is 0 Å². The number of amides is 1. The average Bonchev–Trinajstić information content (AvgIpc) is 2.17. The molecule has 0 aliphatic rings. The Bertz CT molecular complexity index is 522. The highest BCUT2D eigenvalue weighted by Gasteiger charge is 1.99. The minimum Gasteiger partial charge on any atom is -0.312 e. The molecule has 0 spiro atoms. The summed E-state index contributed by atoms with van der Waals surface area (Å²) in [5, 5.41) is 4.21. The number of fused-ring (bicyclic) bond motifs is 1. The van der Waals surface area contributed by atoms with Gasteiger partial charge in [0.25, 0.3) is 0 Å². The largest absolute Gasteiger partial charge is 0.318 e. The van der Waals surface area contributed by atoms with Gasteiger partial charge in [0.15, 0.2) is 0 Å². The van der Waals surface area contributed by atoms with E-state index in [-0.39, 0.29) is 0 Å². The molecule has 2 aromatic carbocycles. The maximum atomic E-state index is 10.7. The predicted octanol–water partition coefficient (Wildman–Crippen LogP) is 3.92. The zero-order chi connectivity index (χ0) is 10.8. The smallest absolute Gasteiger partial charge is 0.312 e. The van der Waals surface area contributed by atoms with E-state index in [9.17, 15) is 4.79 Å². The van der Waals surface area contributed by atoms with Crippen molar-refractivity contribution in [1.82, 2.24) is 0 Å². The number of halogens is 1. The lowest BCUT2D eigenvalue weighted by Gasteiger charge is -2.03. The molecule has 0 radical (unpaired) electrons. The number of hydrogen-bond donors (Lipinski definition) is 1. The maximum absolute atomic E-state index is 10.7. The highest BCUT2D eigenvalue weighted by atomic mass is 35.5. The molecule has 0 aliphatic heterocycles. The normalized spacial score (nSPS) is 10.3. The van der Waals surface area contributed by atoms with Crippen molar-refractivity contribution in [3.8, 4) is 0 Å². The van der Waals surface area contributed by atoms with Crippen molar-refractivity contribution in [1.29, 1.82) is 0 Å². The molecule has 15 heavy (non-hydrogen) atoms. The van der Waals surface area contributed by atoms with Crippen LogP contribution >= 0.6 is 11.6 Å². The van der Waals surface area contributed by atoms with E-state index in [1.165, 1.54) is 5.56 Å². The Morgan fingerprint density at radius 3 is 2.53 bits per heavy atom. The van der Waals surface area contributed by atoms with Crippen LogP contribution in [0.1, 0.15) is 5.56 Å². The molecular formula is C12H10ClNO. The molecule has 0 saturated heterocycles. The van der Waals surface area contributed by atoms with E-state index < -0.39 is 5.37 Å². The summed E-state index contributed by atoms with van der Waals surface area (Å²) in [5.74, 6) is 0. The van der Waals surface area contributed by atoms with Gasteiger partial charge in [0.1, 0.15) is 0 Å². The van der Waals surface area contributed by atoms with Crippen LogP contribution in [-0.4, -0.2) is 5.37 Å². The van der Waals surface area contributed by atoms with Gasteiger partial charge in [0.2, 0.25) is 0 Å². The van der Waals surface area contributed by atoms with Crippen molar-refractivity contribution >= 4 is 33.4 Å². The highest BCUT2D eigenvalue weighted by molar-refractivity contribution is 6.65. The van der Waals surface area contributed by atoms with Gasteiger partial charge in [-0.1, -0.05) is 29.8 Å². The second kappa shape index (κ2) is 3.91. The number of benzene rings is 2. The van der Waals surface area contributed by atoms with Crippen LogP contribution in [0.25, 0.3) is 10.8 Å². The SMILES string of the molecule is Cc1ccc2cc(NC(=O)Cl)ccc2c1. The Balaban J connectivity index is 2.47. The Morgan fingerprint density at radius 1 is 1.13 bits per heavy atom. The van der Waals surface area contributed by atoms with Gasteiger partial charge in [-0.05, 0) is 41.4 Å². The summed E-state index contributed by atoms with van der Waals surface area (Å²) >= 11 is 5.24. The van der Waals surface area contributed by atoms with Gasteiger partial charge >= 0.3 is 5.37 Å². The summed E-state index contributed by atoms with van der Waals surface area (Å²) in [5.41, 5.74) is 1.93. The second-order valence-corrected chi connectivity index (χ2v) is 3.81. The van der Waals surface area contributed by atoms with E-state index in [1.54, 1.807) is 0 Å².